The second-order valence-corrected chi connectivity index (χ2v) is 5.49. The van der Waals surface area contributed by atoms with Crippen LogP contribution in [0.5, 0.6) is 0 Å². The second kappa shape index (κ2) is 4.80. The molecule has 0 amide bonds. The predicted molar refractivity (Wildman–Crippen MR) is 77.5 cm³/mol. The minimum Gasteiger partial charge on any atom is -0.329 e. The second-order valence-electron chi connectivity index (χ2n) is 5.11. The van der Waals surface area contributed by atoms with Gasteiger partial charge >= 0.3 is 0 Å². The largest absolute Gasteiger partial charge is 0.329 e. The highest BCUT2D eigenvalue weighted by Crippen LogP contribution is 2.25. The minimum atomic E-state index is 0.651. The first-order valence-corrected chi connectivity index (χ1v) is 6.93. The summed E-state index contributed by atoms with van der Waals surface area (Å²) < 4.78 is 2.78. The molecule has 19 heavy (non-hydrogen) atoms. The van der Waals surface area contributed by atoms with Crippen LogP contribution in [0.2, 0.25) is 0 Å². The van der Waals surface area contributed by atoms with Crippen molar-refractivity contribution >= 4 is 23.3 Å². The lowest BCUT2D eigenvalue weighted by molar-refractivity contribution is 0.310. The number of H-pyrrole nitrogens is 1. The highest BCUT2D eigenvalue weighted by molar-refractivity contribution is 7.71. The lowest BCUT2D eigenvalue weighted by Gasteiger charge is -2.16. The number of aromatic nitrogens is 2. The predicted octanol–water partition coefficient (Wildman–Crippen LogP) is 2.66. The number of nitrogens with one attached hydrogen (secondary N) is 1. The molecule has 2 aromatic rings. The van der Waals surface area contributed by atoms with Gasteiger partial charge < -0.3 is 14.5 Å². The number of para-hydroxylation sites is 1. The Balaban J connectivity index is 1.92. The molecule has 1 heterocycles. The van der Waals surface area contributed by atoms with Gasteiger partial charge in [-0.3, -0.25) is 0 Å². The van der Waals surface area contributed by atoms with Gasteiger partial charge in [-0.15, -0.1) is 0 Å². The first-order valence-electron chi connectivity index (χ1n) is 6.52. The Hall–Kier alpha value is -1.64. The van der Waals surface area contributed by atoms with Gasteiger partial charge in [-0.2, -0.15) is 5.26 Å². The quantitative estimate of drug-likeness (QED) is 0.870. The smallest absolute Gasteiger partial charge is 0.178 e. The molecule has 1 aliphatic rings. The summed E-state index contributed by atoms with van der Waals surface area (Å²) >= 11 is 5.37. The van der Waals surface area contributed by atoms with Crippen LogP contribution < -0.4 is 0 Å². The molecule has 0 spiro atoms. The van der Waals surface area contributed by atoms with Crippen molar-refractivity contribution in [2.24, 2.45) is 0 Å². The molecule has 0 atom stereocenters. The Bertz CT molecular complexity index is 702. The fraction of sp³-hybridized carbons (Fsp3) is 0.429. The lowest BCUT2D eigenvalue weighted by atomic mass is 10.2. The molecule has 1 aliphatic carbocycles. The van der Waals surface area contributed by atoms with Gasteiger partial charge in [0.15, 0.2) is 4.77 Å². The van der Waals surface area contributed by atoms with Gasteiger partial charge in [0.05, 0.1) is 16.6 Å². The molecule has 0 radical (unpaired) electrons. The molecule has 1 fully saturated rings. The molecule has 0 bridgehead atoms. The summed E-state index contributed by atoms with van der Waals surface area (Å²) in [7, 11) is 2.16. The number of hydrogen-bond donors (Lipinski definition) is 1. The van der Waals surface area contributed by atoms with Crippen molar-refractivity contribution in [3.8, 4) is 6.07 Å². The molecule has 0 saturated heterocycles. The third-order valence-electron chi connectivity index (χ3n) is 3.78. The number of imidazole rings is 1. The van der Waals surface area contributed by atoms with E-state index in [0.29, 0.717) is 10.3 Å². The zero-order chi connectivity index (χ0) is 13.4. The first-order chi connectivity index (χ1) is 9.20. The third kappa shape index (κ3) is 2.29. The fourth-order valence-corrected chi connectivity index (χ4v) is 2.74. The van der Waals surface area contributed by atoms with Crippen molar-refractivity contribution in [1.82, 2.24) is 14.5 Å². The molecule has 5 heteroatoms. The lowest BCUT2D eigenvalue weighted by Crippen LogP contribution is -2.25. The van der Waals surface area contributed by atoms with Gasteiger partial charge in [-0.1, -0.05) is 6.07 Å². The molecule has 1 N–H and O–H groups in total. The Morgan fingerprint density at radius 2 is 2.32 bits per heavy atom. The summed E-state index contributed by atoms with van der Waals surface area (Å²) in [4.78, 5) is 5.54. The van der Waals surface area contributed by atoms with Crippen LogP contribution >= 0.6 is 12.2 Å². The Morgan fingerprint density at radius 3 is 3.00 bits per heavy atom. The minimum absolute atomic E-state index is 0.651. The summed E-state index contributed by atoms with van der Waals surface area (Å²) in [5.74, 6) is 0. The monoisotopic (exact) mass is 272 g/mol. The Labute approximate surface area is 117 Å². The van der Waals surface area contributed by atoms with Gasteiger partial charge in [-0.25, -0.2) is 0 Å². The molecule has 1 aromatic heterocycles. The fourth-order valence-electron chi connectivity index (χ4n) is 2.45. The summed E-state index contributed by atoms with van der Waals surface area (Å²) in [6, 6.07) is 8.70. The summed E-state index contributed by atoms with van der Waals surface area (Å²) in [6.45, 7) is 1.85. The van der Waals surface area contributed by atoms with Crippen molar-refractivity contribution in [2.45, 2.75) is 25.4 Å². The molecule has 98 valence electrons. The van der Waals surface area contributed by atoms with Gasteiger partial charge in [0.1, 0.15) is 6.07 Å². The Kier molecular flexibility index (Phi) is 3.13. The van der Waals surface area contributed by atoms with E-state index in [1.54, 1.807) is 0 Å². The number of nitrogens with zero attached hydrogens (tertiary/aromatic N) is 3. The maximum Gasteiger partial charge on any atom is 0.178 e. The van der Waals surface area contributed by atoms with E-state index in [1.165, 1.54) is 12.8 Å². The molecule has 1 saturated carbocycles. The summed E-state index contributed by atoms with van der Waals surface area (Å²) in [5.41, 5.74) is 2.52. The van der Waals surface area contributed by atoms with Crippen LogP contribution in [0.4, 0.5) is 0 Å². The zero-order valence-corrected chi connectivity index (χ0v) is 11.7. The van der Waals surface area contributed by atoms with Crippen molar-refractivity contribution in [1.29, 1.82) is 5.26 Å². The number of likely N-dealkylation sites (N-methyl/N-ethyl adjacent to an activating group) is 1. The van der Waals surface area contributed by atoms with Crippen LogP contribution in [0.15, 0.2) is 18.2 Å². The number of benzene rings is 1. The van der Waals surface area contributed by atoms with Crippen LogP contribution in [0.1, 0.15) is 18.4 Å². The third-order valence-corrected chi connectivity index (χ3v) is 4.10. The number of fused-ring (bicyclic) bond motifs is 1. The van der Waals surface area contributed by atoms with Crippen molar-refractivity contribution < 1.29 is 0 Å². The molecule has 0 aliphatic heterocycles. The van der Waals surface area contributed by atoms with Crippen LogP contribution in [0.25, 0.3) is 11.0 Å². The Morgan fingerprint density at radius 1 is 1.53 bits per heavy atom. The van der Waals surface area contributed by atoms with Gasteiger partial charge in [0.2, 0.25) is 0 Å². The summed E-state index contributed by atoms with van der Waals surface area (Å²) in [5, 5.41) is 9.11. The van der Waals surface area contributed by atoms with E-state index < -0.39 is 0 Å². The van der Waals surface area contributed by atoms with E-state index in [0.717, 1.165) is 30.2 Å². The molecule has 3 rings (SSSR count). The summed E-state index contributed by atoms with van der Waals surface area (Å²) in [6.07, 6.45) is 2.63. The van der Waals surface area contributed by atoms with Crippen LogP contribution in [0, 0.1) is 16.1 Å². The maximum absolute atomic E-state index is 9.11. The molecule has 4 nitrogen and oxygen atoms in total. The van der Waals surface area contributed by atoms with E-state index in [-0.39, 0.29) is 0 Å². The maximum atomic E-state index is 9.11. The van der Waals surface area contributed by atoms with E-state index in [1.807, 2.05) is 18.2 Å². The number of aromatic amines is 1. The van der Waals surface area contributed by atoms with E-state index >= 15 is 0 Å². The first kappa shape index (κ1) is 12.4. The van der Waals surface area contributed by atoms with Gasteiger partial charge in [0, 0.05) is 19.1 Å². The standard InChI is InChI=1S/C14H16N4S/c1-17(11-5-6-11)7-8-18-12-4-2-3-10(9-15)13(12)16-14(18)19/h2-4,11H,5-8H2,1H3,(H,16,19). The highest BCUT2D eigenvalue weighted by atomic mass is 32.1. The highest BCUT2D eigenvalue weighted by Gasteiger charge is 2.25. The average Bonchev–Trinajstić information content (AvgIpc) is 3.20. The molecular weight excluding hydrogens is 256 g/mol. The topological polar surface area (TPSA) is 47.8 Å². The SMILES string of the molecule is CN(CCn1c(=S)[nH]c2c(C#N)cccc21)C1CC1. The van der Waals surface area contributed by atoms with E-state index in [4.69, 9.17) is 17.5 Å². The van der Waals surface area contributed by atoms with E-state index in [9.17, 15) is 0 Å². The van der Waals surface area contributed by atoms with Crippen molar-refractivity contribution in [3.05, 3.63) is 28.5 Å². The van der Waals surface area contributed by atoms with Crippen LogP contribution in [-0.2, 0) is 6.54 Å². The number of nitriles is 1. The van der Waals surface area contributed by atoms with Crippen LogP contribution in [0.3, 0.4) is 0 Å². The molecular formula is C14H16N4S. The zero-order valence-electron chi connectivity index (χ0n) is 10.9. The van der Waals surface area contributed by atoms with Crippen molar-refractivity contribution in [2.75, 3.05) is 13.6 Å². The van der Waals surface area contributed by atoms with Crippen molar-refractivity contribution in [3.63, 3.8) is 0 Å². The molecule has 1 aromatic carbocycles. The normalized spacial score (nSPS) is 15.0. The molecule has 0 unspecified atom stereocenters. The van der Waals surface area contributed by atoms with E-state index in [2.05, 4.69) is 27.6 Å². The average molecular weight is 272 g/mol. The van der Waals surface area contributed by atoms with Crippen LogP contribution in [-0.4, -0.2) is 34.1 Å². The van der Waals surface area contributed by atoms with Gasteiger partial charge in [-0.05, 0) is 44.2 Å². The van der Waals surface area contributed by atoms with Gasteiger partial charge in [0.25, 0.3) is 0 Å². The number of rotatable bonds is 4. The number of hydrogen-bond acceptors (Lipinski definition) is 3.